The van der Waals surface area contributed by atoms with E-state index in [4.69, 9.17) is 9.47 Å². The standard InChI is InChI=1S/C23H33NO5/c1-15-4-6-16(7-5-15)22(26)24(17-8-11-19(28-2)12-9-17)21-13-10-18(25)14-20(21)23(27)29-3/h10,13-17,19,25H,4-9,11-12H2,1-3H3/t15-,16-,17?,19?. The van der Waals surface area contributed by atoms with Crippen LogP contribution in [0.2, 0.25) is 0 Å². The smallest absolute Gasteiger partial charge is 0.340 e. The number of carbonyl (C=O) groups is 2. The fourth-order valence-corrected chi connectivity index (χ4v) is 4.75. The van der Waals surface area contributed by atoms with Crippen molar-refractivity contribution in [3.05, 3.63) is 23.8 Å². The van der Waals surface area contributed by atoms with E-state index in [2.05, 4.69) is 6.92 Å². The number of aromatic hydroxyl groups is 1. The Labute approximate surface area is 173 Å². The van der Waals surface area contributed by atoms with Crippen molar-refractivity contribution in [2.45, 2.75) is 70.4 Å². The minimum Gasteiger partial charge on any atom is -0.508 e. The molecule has 2 saturated carbocycles. The molecule has 2 aliphatic rings. The number of hydrogen-bond donors (Lipinski definition) is 1. The summed E-state index contributed by atoms with van der Waals surface area (Å²) in [4.78, 5) is 27.9. The summed E-state index contributed by atoms with van der Waals surface area (Å²) < 4.78 is 10.4. The molecular weight excluding hydrogens is 370 g/mol. The Balaban J connectivity index is 1.95. The van der Waals surface area contributed by atoms with Gasteiger partial charge in [-0.2, -0.15) is 0 Å². The molecular formula is C23H33NO5. The molecule has 6 nitrogen and oxygen atoms in total. The highest BCUT2D eigenvalue weighted by Crippen LogP contribution is 2.37. The molecule has 0 unspecified atom stereocenters. The molecule has 0 spiro atoms. The van der Waals surface area contributed by atoms with E-state index in [1.807, 2.05) is 4.90 Å². The largest absolute Gasteiger partial charge is 0.508 e. The van der Waals surface area contributed by atoms with Gasteiger partial charge in [0.2, 0.25) is 5.91 Å². The first-order chi connectivity index (χ1) is 13.9. The number of hydrogen-bond acceptors (Lipinski definition) is 5. The number of ether oxygens (including phenoxy) is 2. The molecule has 0 bridgehead atoms. The third-order valence-corrected chi connectivity index (χ3v) is 6.59. The van der Waals surface area contributed by atoms with Crippen LogP contribution in [-0.4, -0.2) is 43.3 Å². The van der Waals surface area contributed by atoms with Crippen LogP contribution in [0.5, 0.6) is 5.75 Å². The van der Waals surface area contributed by atoms with E-state index < -0.39 is 5.97 Å². The van der Waals surface area contributed by atoms with E-state index in [-0.39, 0.29) is 35.3 Å². The van der Waals surface area contributed by atoms with Gasteiger partial charge in [0.25, 0.3) is 0 Å². The van der Waals surface area contributed by atoms with Gasteiger partial charge in [0, 0.05) is 19.1 Å². The van der Waals surface area contributed by atoms with Crippen molar-refractivity contribution in [2.75, 3.05) is 19.1 Å². The van der Waals surface area contributed by atoms with Crippen molar-refractivity contribution in [3.63, 3.8) is 0 Å². The average Bonchev–Trinajstić information content (AvgIpc) is 2.75. The maximum absolute atomic E-state index is 13.7. The molecule has 29 heavy (non-hydrogen) atoms. The van der Waals surface area contributed by atoms with Crippen LogP contribution in [0.4, 0.5) is 5.69 Å². The van der Waals surface area contributed by atoms with Crippen LogP contribution in [0.3, 0.4) is 0 Å². The number of phenols is 1. The lowest BCUT2D eigenvalue weighted by Gasteiger charge is -2.40. The number of benzene rings is 1. The van der Waals surface area contributed by atoms with Crippen molar-refractivity contribution in [1.82, 2.24) is 0 Å². The minimum absolute atomic E-state index is 0.0150. The summed E-state index contributed by atoms with van der Waals surface area (Å²) in [6.45, 7) is 2.24. The fourth-order valence-electron chi connectivity index (χ4n) is 4.75. The normalized spacial score (nSPS) is 27.3. The van der Waals surface area contributed by atoms with Crippen LogP contribution in [-0.2, 0) is 14.3 Å². The number of rotatable bonds is 5. The van der Waals surface area contributed by atoms with Gasteiger partial charge in [0.15, 0.2) is 0 Å². The van der Waals surface area contributed by atoms with Crippen molar-refractivity contribution in [1.29, 1.82) is 0 Å². The van der Waals surface area contributed by atoms with Gasteiger partial charge in [-0.1, -0.05) is 6.92 Å². The van der Waals surface area contributed by atoms with Crippen molar-refractivity contribution >= 4 is 17.6 Å². The zero-order chi connectivity index (χ0) is 21.0. The Morgan fingerprint density at radius 3 is 2.24 bits per heavy atom. The Morgan fingerprint density at radius 1 is 1.00 bits per heavy atom. The molecule has 0 saturated heterocycles. The van der Waals surface area contributed by atoms with Crippen LogP contribution in [0, 0.1) is 11.8 Å². The number of amides is 1. The third-order valence-electron chi connectivity index (χ3n) is 6.59. The molecule has 0 aromatic heterocycles. The zero-order valence-corrected chi connectivity index (χ0v) is 17.7. The van der Waals surface area contributed by atoms with Crippen molar-refractivity contribution in [2.24, 2.45) is 11.8 Å². The van der Waals surface area contributed by atoms with E-state index in [1.54, 1.807) is 13.2 Å². The molecule has 2 fully saturated rings. The first kappa shape index (κ1) is 21.6. The highest BCUT2D eigenvalue weighted by Gasteiger charge is 2.36. The monoisotopic (exact) mass is 403 g/mol. The van der Waals surface area contributed by atoms with Gasteiger partial charge in [-0.15, -0.1) is 0 Å². The van der Waals surface area contributed by atoms with Crippen molar-refractivity contribution < 1.29 is 24.2 Å². The van der Waals surface area contributed by atoms with Gasteiger partial charge >= 0.3 is 5.97 Å². The van der Waals surface area contributed by atoms with Gasteiger partial charge in [-0.25, -0.2) is 4.79 Å². The highest BCUT2D eigenvalue weighted by atomic mass is 16.5. The first-order valence-corrected chi connectivity index (χ1v) is 10.7. The van der Waals surface area contributed by atoms with Crippen molar-refractivity contribution in [3.8, 4) is 5.75 Å². The zero-order valence-electron chi connectivity index (χ0n) is 17.7. The minimum atomic E-state index is -0.545. The molecule has 1 aromatic carbocycles. The van der Waals surface area contributed by atoms with E-state index >= 15 is 0 Å². The lowest BCUT2D eigenvalue weighted by molar-refractivity contribution is -0.124. The molecule has 0 radical (unpaired) electrons. The van der Waals surface area contributed by atoms with Gasteiger partial charge in [0.05, 0.1) is 24.5 Å². The van der Waals surface area contributed by atoms with Gasteiger partial charge < -0.3 is 19.5 Å². The van der Waals surface area contributed by atoms with Gasteiger partial charge in [-0.05, 0) is 75.5 Å². The number of nitrogens with zero attached hydrogens (tertiary/aromatic N) is 1. The molecule has 0 atom stereocenters. The second-order valence-corrected chi connectivity index (χ2v) is 8.52. The molecule has 2 aliphatic carbocycles. The van der Waals surface area contributed by atoms with E-state index in [1.165, 1.54) is 19.2 Å². The van der Waals surface area contributed by atoms with Gasteiger partial charge in [-0.3, -0.25) is 4.79 Å². The number of esters is 1. The van der Waals surface area contributed by atoms with Crippen LogP contribution >= 0.6 is 0 Å². The quantitative estimate of drug-likeness (QED) is 0.742. The Bertz CT molecular complexity index is 718. The number of anilines is 1. The summed E-state index contributed by atoms with van der Waals surface area (Å²) >= 11 is 0. The maximum Gasteiger partial charge on any atom is 0.340 e. The second-order valence-electron chi connectivity index (χ2n) is 8.52. The third kappa shape index (κ3) is 4.92. The Kier molecular flexibility index (Phi) is 7.17. The lowest BCUT2D eigenvalue weighted by Crippen LogP contribution is -2.47. The van der Waals surface area contributed by atoms with E-state index in [9.17, 15) is 14.7 Å². The van der Waals surface area contributed by atoms with Gasteiger partial charge in [0.1, 0.15) is 5.75 Å². The Morgan fingerprint density at radius 2 is 1.66 bits per heavy atom. The molecule has 1 amide bonds. The molecule has 1 N–H and O–H groups in total. The average molecular weight is 404 g/mol. The molecule has 3 rings (SSSR count). The van der Waals surface area contributed by atoms with E-state index in [0.717, 1.165) is 51.4 Å². The number of phenolic OH excluding ortho intramolecular Hbond substituents is 1. The number of methoxy groups -OCH3 is 2. The lowest BCUT2D eigenvalue weighted by atomic mass is 9.81. The maximum atomic E-state index is 13.7. The summed E-state index contributed by atoms with van der Waals surface area (Å²) in [5, 5.41) is 9.93. The predicted octanol–water partition coefficient (Wildman–Crippen LogP) is 4.30. The van der Waals surface area contributed by atoms with Crippen LogP contribution in [0.1, 0.15) is 68.6 Å². The molecule has 0 heterocycles. The van der Waals surface area contributed by atoms with Crippen LogP contribution in [0.25, 0.3) is 0 Å². The fraction of sp³-hybridized carbons (Fsp3) is 0.652. The summed E-state index contributed by atoms with van der Waals surface area (Å²) in [5.41, 5.74) is 0.776. The highest BCUT2D eigenvalue weighted by molar-refractivity contribution is 6.04. The number of carbonyl (C=O) groups excluding carboxylic acids is 2. The summed E-state index contributed by atoms with van der Waals surface area (Å²) in [6.07, 6.45) is 7.53. The second kappa shape index (κ2) is 9.61. The van der Waals surface area contributed by atoms with E-state index in [0.29, 0.717) is 11.6 Å². The van der Waals surface area contributed by atoms with Crippen LogP contribution < -0.4 is 4.90 Å². The summed E-state index contributed by atoms with van der Waals surface area (Å²) in [7, 11) is 3.04. The summed E-state index contributed by atoms with van der Waals surface area (Å²) in [5.74, 6) is 0.163. The first-order valence-electron chi connectivity index (χ1n) is 10.7. The SMILES string of the molecule is COC(=O)c1cc(O)ccc1N(C(=O)[C@H]1CC[C@H](C)CC1)C1CCC(OC)CC1. The molecule has 160 valence electrons. The molecule has 0 aliphatic heterocycles. The molecule has 1 aromatic rings. The predicted molar refractivity (Wildman–Crippen MR) is 111 cm³/mol. The molecule has 6 heteroatoms. The summed E-state index contributed by atoms with van der Waals surface area (Å²) in [6, 6.07) is 4.62. The van der Waals surface area contributed by atoms with Crippen LogP contribution in [0.15, 0.2) is 18.2 Å². The topological polar surface area (TPSA) is 76.1 Å². The Hall–Kier alpha value is -2.08.